The molecule has 3 rings (SSSR count). The van der Waals surface area contributed by atoms with Crippen molar-refractivity contribution in [3.8, 4) is 11.4 Å². The lowest BCUT2D eigenvalue weighted by atomic mass is 9.87. The molecule has 0 fully saturated rings. The second-order valence-electron chi connectivity index (χ2n) is 7.49. The summed E-state index contributed by atoms with van der Waals surface area (Å²) in [5, 5.41) is 6.77. The van der Waals surface area contributed by atoms with Crippen molar-refractivity contribution in [2.24, 2.45) is 0 Å². The van der Waals surface area contributed by atoms with Crippen LogP contribution >= 0.6 is 0 Å². The van der Waals surface area contributed by atoms with Crippen LogP contribution in [0.3, 0.4) is 0 Å². The molecule has 1 atom stereocenters. The number of hydrogen-bond acceptors (Lipinski definition) is 4. The summed E-state index contributed by atoms with van der Waals surface area (Å²) >= 11 is 0. The van der Waals surface area contributed by atoms with Crippen LogP contribution < -0.4 is 5.32 Å². The molecule has 0 saturated carbocycles. The van der Waals surface area contributed by atoms with Gasteiger partial charge in [-0.2, -0.15) is 4.98 Å². The van der Waals surface area contributed by atoms with Crippen LogP contribution in [0, 0.1) is 5.82 Å². The van der Waals surface area contributed by atoms with Crippen molar-refractivity contribution in [3.63, 3.8) is 0 Å². The van der Waals surface area contributed by atoms with Gasteiger partial charge in [0.1, 0.15) is 11.9 Å². The molecule has 1 aromatic heterocycles. The summed E-state index contributed by atoms with van der Waals surface area (Å²) in [5.41, 5.74) is 2.49. The lowest BCUT2D eigenvalue weighted by Crippen LogP contribution is -2.26. The normalized spacial score (nSPS) is 12.6. The summed E-state index contributed by atoms with van der Waals surface area (Å²) in [7, 11) is 0. The molecule has 0 aliphatic rings. The standard InChI is InChI=1S/C21H22FN3O2/c1-13(23-19(26)15-7-11-17(22)12-8-15)20-24-18(25-27-20)14-5-9-16(10-6-14)21(2,3)4/h5-13H,1-4H3,(H,23,26)/t13-/m1/s1. The number of carbonyl (C=O) groups excluding carboxylic acids is 1. The molecule has 27 heavy (non-hydrogen) atoms. The summed E-state index contributed by atoms with van der Waals surface area (Å²) in [5.74, 6) is 0.0455. The second-order valence-corrected chi connectivity index (χ2v) is 7.49. The number of benzene rings is 2. The molecule has 0 saturated heterocycles. The van der Waals surface area contributed by atoms with Gasteiger partial charge < -0.3 is 9.84 Å². The Labute approximate surface area is 157 Å². The molecular weight excluding hydrogens is 345 g/mol. The molecule has 140 valence electrons. The third kappa shape index (κ3) is 4.39. The smallest absolute Gasteiger partial charge is 0.251 e. The van der Waals surface area contributed by atoms with E-state index in [2.05, 4.69) is 36.2 Å². The molecule has 0 spiro atoms. The van der Waals surface area contributed by atoms with Crippen LogP contribution in [0.5, 0.6) is 0 Å². The number of nitrogens with zero attached hydrogens (tertiary/aromatic N) is 2. The molecule has 6 heteroatoms. The van der Waals surface area contributed by atoms with Gasteiger partial charge in [-0.05, 0) is 42.2 Å². The maximum absolute atomic E-state index is 13.0. The minimum atomic E-state index is -0.474. The minimum Gasteiger partial charge on any atom is -0.341 e. The van der Waals surface area contributed by atoms with E-state index in [-0.39, 0.29) is 11.3 Å². The fourth-order valence-electron chi connectivity index (χ4n) is 2.59. The van der Waals surface area contributed by atoms with Crippen LogP contribution in [0.25, 0.3) is 11.4 Å². The van der Waals surface area contributed by atoms with Crippen LogP contribution in [0.2, 0.25) is 0 Å². The number of halogens is 1. The van der Waals surface area contributed by atoms with Gasteiger partial charge in [0.05, 0.1) is 0 Å². The van der Waals surface area contributed by atoms with Crippen molar-refractivity contribution in [2.75, 3.05) is 0 Å². The largest absolute Gasteiger partial charge is 0.341 e. The number of rotatable bonds is 4. The molecule has 2 aromatic carbocycles. The highest BCUT2D eigenvalue weighted by atomic mass is 19.1. The summed E-state index contributed by atoms with van der Waals surface area (Å²) in [6, 6.07) is 12.9. The number of carbonyl (C=O) groups is 1. The van der Waals surface area contributed by atoms with Crippen molar-refractivity contribution < 1.29 is 13.7 Å². The summed E-state index contributed by atoms with van der Waals surface area (Å²) in [6.45, 7) is 8.21. The molecule has 5 nitrogen and oxygen atoms in total. The van der Waals surface area contributed by atoms with Crippen molar-refractivity contribution in [1.82, 2.24) is 15.5 Å². The Hall–Kier alpha value is -3.02. The lowest BCUT2D eigenvalue weighted by Gasteiger charge is -2.18. The third-order valence-electron chi connectivity index (χ3n) is 4.28. The van der Waals surface area contributed by atoms with Gasteiger partial charge >= 0.3 is 0 Å². The van der Waals surface area contributed by atoms with E-state index in [0.717, 1.165) is 5.56 Å². The highest BCUT2D eigenvalue weighted by Crippen LogP contribution is 2.25. The summed E-state index contributed by atoms with van der Waals surface area (Å²) in [4.78, 5) is 16.6. The molecule has 0 unspecified atom stereocenters. The molecular formula is C21H22FN3O2. The molecule has 1 N–H and O–H groups in total. The van der Waals surface area contributed by atoms with E-state index in [4.69, 9.17) is 4.52 Å². The van der Waals surface area contributed by atoms with Gasteiger partial charge in [-0.15, -0.1) is 0 Å². The Balaban J connectivity index is 1.71. The van der Waals surface area contributed by atoms with E-state index >= 15 is 0 Å². The van der Waals surface area contributed by atoms with Crippen LogP contribution in [0.15, 0.2) is 53.1 Å². The highest BCUT2D eigenvalue weighted by molar-refractivity contribution is 5.94. The number of amides is 1. The Bertz CT molecular complexity index is 925. The maximum Gasteiger partial charge on any atom is 0.251 e. The van der Waals surface area contributed by atoms with Gasteiger partial charge in [0.15, 0.2) is 0 Å². The van der Waals surface area contributed by atoms with E-state index in [0.29, 0.717) is 17.3 Å². The van der Waals surface area contributed by atoms with Crippen molar-refractivity contribution >= 4 is 5.91 Å². The number of aromatic nitrogens is 2. The molecule has 0 radical (unpaired) electrons. The molecule has 0 bridgehead atoms. The van der Waals surface area contributed by atoms with E-state index in [9.17, 15) is 9.18 Å². The third-order valence-corrected chi connectivity index (χ3v) is 4.28. The van der Waals surface area contributed by atoms with Gasteiger partial charge in [0, 0.05) is 11.1 Å². The van der Waals surface area contributed by atoms with Gasteiger partial charge in [-0.3, -0.25) is 4.79 Å². The summed E-state index contributed by atoms with van der Waals surface area (Å²) in [6.07, 6.45) is 0. The van der Waals surface area contributed by atoms with Crippen molar-refractivity contribution in [2.45, 2.75) is 39.2 Å². The molecule has 1 amide bonds. The van der Waals surface area contributed by atoms with Gasteiger partial charge in [-0.25, -0.2) is 4.39 Å². The highest BCUT2D eigenvalue weighted by Gasteiger charge is 2.19. The zero-order chi connectivity index (χ0) is 19.6. The van der Waals surface area contributed by atoms with Gasteiger partial charge in [-0.1, -0.05) is 50.2 Å². The van der Waals surface area contributed by atoms with Crippen LogP contribution in [0.4, 0.5) is 4.39 Å². The SMILES string of the molecule is C[C@@H](NC(=O)c1ccc(F)cc1)c1nc(-c2ccc(C(C)(C)C)cc2)no1. The van der Waals surface area contributed by atoms with Crippen LogP contribution in [0.1, 0.15) is 55.5 Å². The first-order valence-electron chi connectivity index (χ1n) is 8.75. The Kier molecular flexibility index (Phi) is 5.08. The first-order valence-corrected chi connectivity index (χ1v) is 8.75. The average Bonchev–Trinajstić information content (AvgIpc) is 3.12. The van der Waals surface area contributed by atoms with Crippen molar-refractivity contribution in [1.29, 1.82) is 0 Å². The number of nitrogens with one attached hydrogen (secondary N) is 1. The van der Waals surface area contributed by atoms with E-state index in [1.54, 1.807) is 6.92 Å². The molecule has 1 heterocycles. The molecule has 0 aliphatic carbocycles. The zero-order valence-corrected chi connectivity index (χ0v) is 15.8. The van der Waals surface area contributed by atoms with Crippen LogP contribution in [-0.4, -0.2) is 16.0 Å². The molecule has 0 aliphatic heterocycles. The fourth-order valence-corrected chi connectivity index (χ4v) is 2.59. The fraction of sp³-hybridized carbons (Fsp3) is 0.286. The maximum atomic E-state index is 13.0. The van der Waals surface area contributed by atoms with Gasteiger partial charge in [0.25, 0.3) is 5.91 Å². The second kappa shape index (κ2) is 7.31. The van der Waals surface area contributed by atoms with Gasteiger partial charge in [0.2, 0.25) is 11.7 Å². The first-order chi connectivity index (χ1) is 12.7. The Morgan fingerprint density at radius 1 is 1.07 bits per heavy atom. The quantitative estimate of drug-likeness (QED) is 0.728. The first kappa shape index (κ1) is 18.8. The Morgan fingerprint density at radius 2 is 1.70 bits per heavy atom. The topological polar surface area (TPSA) is 68.0 Å². The predicted molar refractivity (Wildman–Crippen MR) is 101 cm³/mol. The van der Waals surface area contributed by atoms with E-state index in [1.807, 2.05) is 24.3 Å². The summed E-state index contributed by atoms with van der Waals surface area (Å²) < 4.78 is 18.3. The molecule has 3 aromatic rings. The zero-order valence-electron chi connectivity index (χ0n) is 15.8. The monoisotopic (exact) mass is 367 g/mol. The van der Waals surface area contributed by atoms with E-state index < -0.39 is 11.9 Å². The van der Waals surface area contributed by atoms with E-state index in [1.165, 1.54) is 29.8 Å². The van der Waals surface area contributed by atoms with Crippen molar-refractivity contribution in [3.05, 3.63) is 71.4 Å². The lowest BCUT2D eigenvalue weighted by molar-refractivity contribution is 0.0932. The average molecular weight is 367 g/mol. The minimum absolute atomic E-state index is 0.0695. The predicted octanol–water partition coefficient (Wildman–Crippen LogP) is 4.66. The number of hydrogen-bond donors (Lipinski definition) is 1. The van der Waals surface area contributed by atoms with Crippen LogP contribution in [-0.2, 0) is 5.41 Å². The Morgan fingerprint density at radius 3 is 2.30 bits per heavy atom.